The molecule has 0 saturated carbocycles. The van der Waals surface area contributed by atoms with E-state index in [9.17, 15) is 10.1 Å². The Balaban J connectivity index is 2.47. The Labute approximate surface area is 88.0 Å². The van der Waals surface area contributed by atoms with Crippen LogP contribution in [0.5, 0.6) is 5.75 Å². The van der Waals surface area contributed by atoms with Crippen molar-refractivity contribution in [2.45, 2.75) is 25.9 Å². The topological polar surface area (TPSA) is 52.4 Å². The van der Waals surface area contributed by atoms with Crippen LogP contribution in [0.15, 0.2) is 18.2 Å². The molecule has 0 bridgehead atoms. The van der Waals surface area contributed by atoms with Crippen LogP contribution in [-0.2, 0) is 0 Å². The van der Waals surface area contributed by atoms with E-state index < -0.39 is 0 Å². The molecule has 4 nitrogen and oxygen atoms in total. The lowest BCUT2D eigenvalue weighted by molar-refractivity contribution is -0.385. The Morgan fingerprint density at radius 3 is 2.87 bits per heavy atom. The second kappa shape index (κ2) is 3.22. The van der Waals surface area contributed by atoms with Crippen LogP contribution in [0.3, 0.4) is 0 Å². The number of ether oxygens (including phenoxy) is 1. The maximum atomic E-state index is 10.8. The van der Waals surface area contributed by atoms with Crippen LogP contribution < -0.4 is 4.74 Å². The molecule has 79 valence electrons. The molecule has 0 fully saturated rings. The quantitative estimate of drug-likeness (QED) is 0.524. The highest BCUT2D eigenvalue weighted by atomic mass is 16.6. The lowest BCUT2D eigenvalue weighted by Gasteiger charge is -2.31. The van der Waals surface area contributed by atoms with Crippen molar-refractivity contribution in [1.82, 2.24) is 0 Å². The van der Waals surface area contributed by atoms with Crippen LogP contribution in [0.2, 0.25) is 0 Å². The Morgan fingerprint density at radius 2 is 2.20 bits per heavy atom. The van der Waals surface area contributed by atoms with E-state index in [-0.39, 0.29) is 16.2 Å². The third-order valence-electron chi connectivity index (χ3n) is 2.42. The van der Waals surface area contributed by atoms with Crippen molar-refractivity contribution in [2.24, 2.45) is 0 Å². The van der Waals surface area contributed by atoms with Gasteiger partial charge < -0.3 is 4.74 Å². The molecule has 4 heteroatoms. The SMILES string of the molecule is CC1(C)C[CH]c2c(cccc2[N+](=O)[O-])O1. The van der Waals surface area contributed by atoms with Crippen LogP contribution in [0.1, 0.15) is 25.8 Å². The number of fused-ring (bicyclic) bond motifs is 1. The summed E-state index contributed by atoms with van der Waals surface area (Å²) in [5.41, 5.74) is 0.437. The number of nitro benzene ring substituents is 1. The number of nitrogens with zero attached hydrogens (tertiary/aromatic N) is 1. The molecule has 0 atom stereocenters. The number of benzene rings is 1. The fraction of sp³-hybridized carbons (Fsp3) is 0.364. The fourth-order valence-corrected chi connectivity index (χ4v) is 1.67. The highest BCUT2D eigenvalue weighted by molar-refractivity contribution is 5.55. The van der Waals surface area contributed by atoms with Gasteiger partial charge >= 0.3 is 0 Å². The molecule has 0 spiro atoms. The van der Waals surface area contributed by atoms with Crippen molar-refractivity contribution in [3.8, 4) is 5.75 Å². The van der Waals surface area contributed by atoms with Gasteiger partial charge in [-0.3, -0.25) is 10.1 Å². The van der Waals surface area contributed by atoms with Crippen LogP contribution in [0.25, 0.3) is 0 Å². The van der Waals surface area contributed by atoms with E-state index in [2.05, 4.69) is 0 Å². The van der Waals surface area contributed by atoms with Gasteiger partial charge in [0.2, 0.25) is 0 Å². The molecule has 0 aromatic heterocycles. The number of hydrogen-bond donors (Lipinski definition) is 0. The summed E-state index contributed by atoms with van der Waals surface area (Å²) in [6.07, 6.45) is 2.56. The van der Waals surface area contributed by atoms with Gasteiger partial charge in [0.25, 0.3) is 5.69 Å². The predicted molar refractivity (Wildman–Crippen MR) is 55.8 cm³/mol. The van der Waals surface area contributed by atoms with E-state index in [1.165, 1.54) is 6.07 Å². The van der Waals surface area contributed by atoms with Gasteiger partial charge in [-0.15, -0.1) is 0 Å². The minimum Gasteiger partial charge on any atom is -0.487 e. The number of hydrogen-bond acceptors (Lipinski definition) is 3. The first-order valence-corrected chi connectivity index (χ1v) is 4.79. The highest BCUT2D eigenvalue weighted by Gasteiger charge is 2.30. The lowest BCUT2D eigenvalue weighted by atomic mass is 9.93. The number of rotatable bonds is 1. The van der Waals surface area contributed by atoms with E-state index in [4.69, 9.17) is 4.74 Å². The van der Waals surface area contributed by atoms with Crippen molar-refractivity contribution < 1.29 is 9.66 Å². The molecular weight excluding hydrogens is 194 g/mol. The molecule has 1 heterocycles. The van der Waals surface area contributed by atoms with Crippen LogP contribution in [0.4, 0.5) is 5.69 Å². The Morgan fingerprint density at radius 1 is 1.47 bits per heavy atom. The van der Waals surface area contributed by atoms with Crippen LogP contribution >= 0.6 is 0 Å². The molecule has 0 unspecified atom stereocenters. The average Bonchev–Trinajstić information content (AvgIpc) is 2.14. The van der Waals surface area contributed by atoms with Crippen molar-refractivity contribution in [3.63, 3.8) is 0 Å². The molecule has 0 saturated heterocycles. The number of nitro groups is 1. The Hall–Kier alpha value is -1.58. The van der Waals surface area contributed by atoms with Crippen molar-refractivity contribution >= 4 is 5.69 Å². The first kappa shape index (κ1) is 9.96. The lowest BCUT2D eigenvalue weighted by Crippen LogP contribution is -2.32. The molecule has 0 aliphatic carbocycles. The molecule has 1 aliphatic rings. The second-order valence-corrected chi connectivity index (χ2v) is 4.22. The molecule has 0 N–H and O–H groups in total. The van der Waals surface area contributed by atoms with Crippen LogP contribution in [0, 0.1) is 16.5 Å². The first-order chi connectivity index (χ1) is 6.99. The minimum absolute atomic E-state index is 0.114. The monoisotopic (exact) mass is 206 g/mol. The van der Waals surface area contributed by atoms with Crippen molar-refractivity contribution in [1.29, 1.82) is 0 Å². The summed E-state index contributed by atoms with van der Waals surface area (Å²) < 4.78 is 5.67. The molecule has 1 aliphatic heterocycles. The highest BCUT2D eigenvalue weighted by Crippen LogP contribution is 2.38. The summed E-state index contributed by atoms with van der Waals surface area (Å²) in [5, 5.41) is 10.8. The Kier molecular flexibility index (Phi) is 2.14. The first-order valence-electron chi connectivity index (χ1n) is 4.79. The zero-order valence-electron chi connectivity index (χ0n) is 8.69. The van der Waals surface area contributed by atoms with E-state index >= 15 is 0 Å². The summed E-state index contributed by atoms with van der Waals surface area (Å²) in [4.78, 5) is 10.4. The maximum Gasteiger partial charge on any atom is 0.276 e. The van der Waals surface area contributed by atoms with E-state index in [1.54, 1.807) is 12.1 Å². The molecule has 1 aromatic rings. The standard InChI is InChI=1S/C11H12NO3/c1-11(2)7-6-8-9(12(13)14)4-3-5-10(8)15-11/h3-6H,7H2,1-2H3. The van der Waals surface area contributed by atoms with Gasteiger partial charge in [0, 0.05) is 12.5 Å². The summed E-state index contributed by atoms with van der Waals surface area (Å²) in [6.45, 7) is 3.93. The van der Waals surface area contributed by atoms with Crippen molar-refractivity contribution in [2.75, 3.05) is 0 Å². The van der Waals surface area contributed by atoms with E-state index in [0.29, 0.717) is 17.7 Å². The molecular formula is C11H12NO3. The van der Waals surface area contributed by atoms with Gasteiger partial charge in [0.15, 0.2) is 0 Å². The van der Waals surface area contributed by atoms with Gasteiger partial charge in [0.1, 0.15) is 11.4 Å². The summed E-state index contributed by atoms with van der Waals surface area (Å²) in [6, 6.07) is 4.91. The zero-order valence-corrected chi connectivity index (χ0v) is 8.69. The summed E-state index contributed by atoms with van der Waals surface area (Å²) in [7, 11) is 0. The minimum atomic E-state index is -0.378. The fourth-order valence-electron chi connectivity index (χ4n) is 1.67. The van der Waals surface area contributed by atoms with E-state index in [1.807, 2.05) is 20.3 Å². The third-order valence-corrected chi connectivity index (χ3v) is 2.42. The largest absolute Gasteiger partial charge is 0.487 e. The molecule has 0 amide bonds. The molecule has 2 rings (SSSR count). The van der Waals surface area contributed by atoms with E-state index in [0.717, 1.165) is 0 Å². The average molecular weight is 206 g/mol. The summed E-state index contributed by atoms with van der Waals surface area (Å²) >= 11 is 0. The molecule has 15 heavy (non-hydrogen) atoms. The Bertz CT molecular complexity index is 412. The smallest absolute Gasteiger partial charge is 0.276 e. The second-order valence-electron chi connectivity index (χ2n) is 4.22. The normalized spacial score (nSPS) is 17.7. The third kappa shape index (κ3) is 1.79. The predicted octanol–water partition coefficient (Wildman–Crippen LogP) is 2.71. The van der Waals surface area contributed by atoms with Gasteiger partial charge in [-0.25, -0.2) is 0 Å². The molecule has 1 aromatic carbocycles. The summed E-state index contributed by atoms with van der Waals surface area (Å²) in [5.74, 6) is 0.598. The van der Waals surface area contributed by atoms with Crippen LogP contribution in [-0.4, -0.2) is 10.5 Å². The molecule has 1 radical (unpaired) electrons. The zero-order chi connectivity index (χ0) is 11.1. The van der Waals surface area contributed by atoms with Gasteiger partial charge in [-0.05, 0) is 26.3 Å². The van der Waals surface area contributed by atoms with Crippen molar-refractivity contribution in [3.05, 3.63) is 40.3 Å². The van der Waals surface area contributed by atoms with Gasteiger partial charge in [-0.1, -0.05) is 6.07 Å². The van der Waals surface area contributed by atoms with Gasteiger partial charge in [0.05, 0.1) is 10.5 Å². The maximum absolute atomic E-state index is 10.8. The van der Waals surface area contributed by atoms with Gasteiger partial charge in [-0.2, -0.15) is 0 Å².